The van der Waals surface area contributed by atoms with Gasteiger partial charge in [0.15, 0.2) is 0 Å². The summed E-state index contributed by atoms with van der Waals surface area (Å²) in [6.45, 7) is 1.80. The van der Waals surface area contributed by atoms with Crippen LogP contribution in [0, 0.1) is 12.7 Å². The van der Waals surface area contributed by atoms with E-state index in [-0.39, 0.29) is 5.82 Å². The smallest absolute Gasteiger partial charge is 0.132 e. The van der Waals surface area contributed by atoms with Gasteiger partial charge in [-0.25, -0.2) is 9.37 Å². The van der Waals surface area contributed by atoms with Crippen molar-refractivity contribution in [2.45, 2.75) is 6.92 Å². The summed E-state index contributed by atoms with van der Waals surface area (Å²) >= 11 is 0. The van der Waals surface area contributed by atoms with Crippen LogP contribution < -0.4 is 10.1 Å². The summed E-state index contributed by atoms with van der Waals surface area (Å²) < 4.78 is 18.6. The highest BCUT2D eigenvalue weighted by Crippen LogP contribution is 2.26. The highest BCUT2D eigenvalue weighted by Gasteiger charge is 2.03. The maximum Gasteiger partial charge on any atom is 0.132 e. The number of anilines is 1. The van der Waals surface area contributed by atoms with Crippen molar-refractivity contribution in [1.82, 2.24) is 4.98 Å². The summed E-state index contributed by atoms with van der Waals surface area (Å²) in [7, 11) is 1.79. The summed E-state index contributed by atoms with van der Waals surface area (Å²) in [5.41, 5.74) is 0.757. The van der Waals surface area contributed by atoms with Gasteiger partial charge < -0.3 is 10.1 Å². The third-order valence-corrected chi connectivity index (χ3v) is 2.35. The van der Waals surface area contributed by atoms with Crippen LogP contribution in [0.25, 0.3) is 0 Å². The first-order valence-electron chi connectivity index (χ1n) is 5.27. The van der Waals surface area contributed by atoms with Crippen LogP contribution in [0.1, 0.15) is 5.56 Å². The zero-order valence-electron chi connectivity index (χ0n) is 9.70. The number of nitrogens with zero attached hydrogens (tertiary/aromatic N) is 1. The van der Waals surface area contributed by atoms with Gasteiger partial charge in [0.05, 0.1) is 0 Å². The zero-order valence-corrected chi connectivity index (χ0v) is 9.70. The second-order valence-electron chi connectivity index (χ2n) is 3.64. The molecule has 2 aromatic rings. The van der Waals surface area contributed by atoms with Gasteiger partial charge >= 0.3 is 0 Å². The van der Waals surface area contributed by atoms with Crippen molar-refractivity contribution in [1.29, 1.82) is 0 Å². The van der Waals surface area contributed by atoms with Gasteiger partial charge in [-0.15, -0.1) is 0 Å². The second-order valence-corrected chi connectivity index (χ2v) is 3.64. The number of aryl methyl sites for hydroxylation is 1. The Hall–Kier alpha value is -2.10. The number of halogens is 1. The Labute approximate surface area is 99.3 Å². The van der Waals surface area contributed by atoms with Crippen LogP contribution in [0.15, 0.2) is 36.5 Å². The lowest BCUT2D eigenvalue weighted by molar-refractivity contribution is 0.476. The molecule has 0 aliphatic carbocycles. The van der Waals surface area contributed by atoms with Gasteiger partial charge in [0, 0.05) is 19.3 Å². The maximum absolute atomic E-state index is 12.9. The molecule has 0 radical (unpaired) electrons. The topological polar surface area (TPSA) is 34.1 Å². The van der Waals surface area contributed by atoms with Crippen LogP contribution in [0.5, 0.6) is 11.5 Å². The molecular formula is C13H13FN2O. The average Bonchev–Trinajstić information content (AvgIpc) is 2.33. The molecule has 2 rings (SSSR count). The molecule has 0 spiro atoms. The molecule has 1 aromatic carbocycles. The second kappa shape index (κ2) is 4.82. The van der Waals surface area contributed by atoms with Crippen molar-refractivity contribution in [2.24, 2.45) is 0 Å². The fraction of sp³-hybridized carbons (Fsp3) is 0.154. The van der Waals surface area contributed by atoms with E-state index in [4.69, 9.17) is 4.74 Å². The third-order valence-electron chi connectivity index (χ3n) is 2.35. The number of nitrogens with one attached hydrogen (secondary N) is 1. The molecule has 1 N–H and O–H groups in total. The van der Waals surface area contributed by atoms with Crippen LogP contribution in [-0.4, -0.2) is 12.0 Å². The van der Waals surface area contributed by atoms with Gasteiger partial charge in [-0.2, -0.15) is 0 Å². The first-order valence-corrected chi connectivity index (χ1v) is 5.27. The Morgan fingerprint density at radius 2 is 2.06 bits per heavy atom. The molecule has 4 heteroatoms. The van der Waals surface area contributed by atoms with E-state index in [0.717, 1.165) is 11.4 Å². The molecule has 0 amide bonds. The van der Waals surface area contributed by atoms with Crippen LogP contribution in [0.2, 0.25) is 0 Å². The van der Waals surface area contributed by atoms with Crippen LogP contribution in [0.4, 0.5) is 10.2 Å². The summed E-state index contributed by atoms with van der Waals surface area (Å²) in [4.78, 5) is 4.08. The van der Waals surface area contributed by atoms with Crippen molar-refractivity contribution in [3.05, 3.63) is 47.9 Å². The largest absolute Gasteiger partial charge is 0.457 e. The molecule has 0 aliphatic rings. The van der Waals surface area contributed by atoms with Crippen molar-refractivity contribution < 1.29 is 9.13 Å². The van der Waals surface area contributed by atoms with Gasteiger partial charge in [0.2, 0.25) is 0 Å². The Morgan fingerprint density at radius 1 is 1.24 bits per heavy atom. The number of aromatic nitrogens is 1. The number of pyridine rings is 1. The number of ether oxygens (including phenoxy) is 1. The first kappa shape index (κ1) is 11.4. The number of hydrogen-bond acceptors (Lipinski definition) is 3. The molecule has 0 bridgehead atoms. The van der Waals surface area contributed by atoms with Crippen molar-refractivity contribution >= 4 is 5.82 Å². The SMILES string of the molecule is CNc1cc(Oc2ccc(F)cc2C)ccn1. The lowest BCUT2D eigenvalue weighted by Crippen LogP contribution is -1.93. The Balaban J connectivity index is 2.25. The Morgan fingerprint density at radius 3 is 2.76 bits per heavy atom. The minimum absolute atomic E-state index is 0.263. The van der Waals surface area contributed by atoms with Crippen molar-refractivity contribution in [3.8, 4) is 11.5 Å². The van der Waals surface area contributed by atoms with E-state index in [9.17, 15) is 4.39 Å². The first-order chi connectivity index (χ1) is 8.19. The minimum atomic E-state index is -0.263. The molecule has 88 valence electrons. The zero-order chi connectivity index (χ0) is 12.3. The van der Waals surface area contributed by atoms with Crippen molar-refractivity contribution in [3.63, 3.8) is 0 Å². The molecule has 0 saturated heterocycles. The summed E-state index contributed by atoms with van der Waals surface area (Å²) in [5.74, 6) is 1.77. The molecule has 0 aliphatic heterocycles. The van der Waals surface area contributed by atoms with E-state index in [1.165, 1.54) is 12.1 Å². The molecule has 1 aromatic heterocycles. The fourth-order valence-electron chi connectivity index (χ4n) is 1.47. The highest BCUT2D eigenvalue weighted by molar-refractivity contribution is 5.43. The predicted molar refractivity (Wildman–Crippen MR) is 65.0 cm³/mol. The summed E-state index contributed by atoms with van der Waals surface area (Å²) in [5, 5.41) is 2.93. The van der Waals surface area contributed by atoms with Gasteiger partial charge in [-0.1, -0.05) is 0 Å². The third kappa shape index (κ3) is 2.72. The number of rotatable bonds is 3. The van der Waals surface area contributed by atoms with E-state index in [1.54, 1.807) is 38.4 Å². The van der Waals surface area contributed by atoms with E-state index in [0.29, 0.717) is 11.5 Å². The van der Waals surface area contributed by atoms with Gasteiger partial charge in [-0.3, -0.25) is 0 Å². The molecular weight excluding hydrogens is 219 g/mol. The van der Waals surface area contributed by atoms with Gasteiger partial charge in [-0.05, 0) is 36.8 Å². The molecule has 0 unspecified atom stereocenters. The standard InChI is InChI=1S/C13H13FN2O/c1-9-7-10(14)3-4-12(9)17-11-5-6-16-13(8-11)15-2/h3-8H,1-2H3,(H,15,16). The Bertz CT molecular complexity index is 529. The number of hydrogen-bond donors (Lipinski definition) is 1. The minimum Gasteiger partial charge on any atom is -0.457 e. The van der Waals surface area contributed by atoms with Crippen LogP contribution >= 0.6 is 0 Å². The Kier molecular flexibility index (Phi) is 3.23. The number of benzene rings is 1. The molecule has 3 nitrogen and oxygen atoms in total. The quantitative estimate of drug-likeness (QED) is 0.881. The molecule has 1 heterocycles. The highest BCUT2D eigenvalue weighted by atomic mass is 19.1. The van der Waals surface area contributed by atoms with E-state index < -0.39 is 0 Å². The maximum atomic E-state index is 12.9. The van der Waals surface area contributed by atoms with Gasteiger partial charge in [0.1, 0.15) is 23.1 Å². The lowest BCUT2D eigenvalue weighted by Gasteiger charge is -2.09. The van der Waals surface area contributed by atoms with E-state index in [2.05, 4.69) is 10.3 Å². The molecule has 0 saturated carbocycles. The van der Waals surface area contributed by atoms with Gasteiger partial charge in [0.25, 0.3) is 0 Å². The van der Waals surface area contributed by atoms with Crippen molar-refractivity contribution in [2.75, 3.05) is 12.4 Å². The average molecular weight is 232 g/mol. The molecule has 0 atom stereocenters. The predicted octanol–water partition coefficient (Wildman–Crippen LogP) is 3.36. The van der Waals surface area contributed by atoms with E-state index >= 15 is 0 Å². The molecule has 17 heavy (non-hydrogen) atoms. The lowest BCUT2D eigenvalue weighted by atomic mass is 10.2. The van der Waals surface area contributed by atoms with E-state index in [1.807, 2.05) is 0 Å². The van der Waals surface area contributed by atoms with Crippen LogP contribution in [-0.2, 0) is 0 Å². The fourth-order valence-corrected chi connectivity index (χ4v) is 1.47. The normalized spacial score (nSPS) is 10.1. The molecule has 0 fully saturated rings. The summed E-state index contributed by atoms with van der Waals surface area (Å²) in [6, 6.07) is 7.97. The van der Waals surface area contributed by atoms with Crippen LogP contribution in [0.3, 0.4) is 0 Å². The summed E-state index contributed by atoms with van der Waals surface area (Å²) in [6.07, 6.45) is 1.65. The monoisotopic (exact) mass is 232 g/mol.